The van der Waals surface area contributed by atoms with Crippen molar-refractivity contribution in [1.82, 2.24) is 0 Å². The molecule has 3 heteroatoms. The molecule has 2 rings (SSSR count). The van der Waals surface area contributed by atoms with E-state index in [2.05, 4.69) is 0 Å². The minimum Gasteiger partial charge on any atom is -0.325 e. The molecule has 1 aromatic carbocycles. The summed E-state index contributed by atoms with van der Waals surface area (Å²) in [5.74, 6) is -0.295. The van der Waals surface area contributed by atoms with Crippen molar-refractivity contribution in [1.29, 1.82) is 0 Å². The van der Waals surface area contributed by atoms with E-state index in [4.69, 9.17) is 17.3 Å². The van der Waals surface area contributed by atoms with Gasteiger partial charge in [0.1, 0.15) is 5.82 Å². The van der Waals surface area contributed by atoms with Gasteiger partial charge in [-0.05, 0) is 49.8 Å². The first-order valence-electron chi connectivity index (χ1n) is 5.24. The molecule has 0 atom stereocenters. The van der Waals surface area contributed by atoms with Gasteiger partial charge in [0.2, 0.25) is 0 Å². The second kappa shape index (κ2) is 3.76. The first-order chi connectivity index (χ1) is 7.02. The van der Waals surface area contributed by atoms with Gasteiger partial charge in [0.05, 0.1) is 5.02 Å². The molecule has 1 aromatic rings. The molecule has 1 nitrogen and oxygen atoms in total. The van der Waals surface area contributed by atoms with Crippen LogP contribution >= 0.6 is 11.6 Å². The third-order valence-electron chi connectivity index (χ3n) is 3.24. The van der Waals surface area contributed by atoms with Crippen molar-refractivity contribution in [3.8, 4) is 0 Å². The van der Waals surface area contributed by atoms with Gasteiger partial charge in [-0.15, -0.1) is 0 Å². The van der Waals surface area contributed by atoms with Crippen molar-refractivity contribution >= 4 is 11.6 Å². The summed E-state index contributed by atoms with van der Waals surface area (Å²) >= 11 is 5.69. The average Bonchev–Trinajstić information content (AvgIpc) is 2.93. The predicted octanol–water partition coefficient (Wildman–Crippen LogP) is 3.21. The minimum absolute atomic E-state index is 0.0303. The summed E-state index contributed by atoms with van der Waals surface area (Å²) in [6.45, 7) is 1.77. The van der Waals surface area contributed by atoms with Crippen LogP contribution < -0.4 is 5.73 Å². The number of halogens is 2. The summed E-state index contributed by atoms with van der Waals surface area (Å²) in [7, 11) is 0. The lowest BCUT2D eigenvalue weighted by Crippen LogP contribution is -2.22. The van der Waals surface area contributed by atoms with Crippen molar-refractivity contribution in [3.63, 3.8) is 0 Å². The SMILES string of the molecule is Cc1c(CCC2(N)CC2)ccc(Cl)c1F. The van der Waals surface area contributed by atoms with E-state index in [1.807, 2.05) is 6.07 Å². The van der Waals surface area contributed by atoms with Crippen LogP contribution in [0.25, 0.3) is 0 Å². The second-order valence-electron chi connectivity index (χ2n) is 4.51. The van der Waals surface area contributed by atoms with Crippen LogP contribution in [0.1, 0.15) is 30.4 Å². The molecule has 1 aliphatic carbocycles. The highest BCUT2D eigenvalue weighted by Gasteiger charge is 2.37. The van der Waals surface area contributed by atoms with Crippen LogP contribution in [0, 0.1) is 12.7 Å². The molecule has 0 radical (unpaired) electrons. The van der Waals surface area contributed by atoms with Gasteiger partial charge in [0, 0.05) is 5.54 Å². The van der Waals surface area contributed by atoms with Crippen LogP contribution in [0.4, 0.5) is 4.39 Å². The van der Waals surface area contributed by atoms with E-state index in [0.717, 1.165) is 31.2 Å². The maximum atomic E-state index is 13.5. The summed E-state index contributed by atoms with van der Waals surface area (Å²) in [5.41, 5.74) is 7.70. The van der Waals surface area contributed by atoms with Crippen molar-refractivity contribution in [2.24, 2.45) is 5.73 Å². The quantitative estimate of drug-likeness (QED) is 0.843. The Morgan fingerprint density at radius 3 is 2.73 bits per heavy atom. The topological polar surface area (TPSA) is 26.0 Å². The Morgan fingerprint density at radius 2 is 2.13 bits per heavy atom. The Bertz CT molecular complexity index is 385. The van der Waals surface area contributed by atoms with E-state index in [0.29, 0.717) is 5.56 Å². The van der Waals surface area contributed by atoms with Crippen molar-refractivity contribution < 1.29 is 4.39 Å². The Labute approximate surface area is 94.4 Å². The van der Waals surface area contributed by atoms with E-state index >= 15 is 0 Å². The molecule has 1 fully saturated rings. The fraction of sp³-hybridized carbons (Fsp3) is 0.500. The molecule has 2 N–H and O–H groups in total. The number of aryl methyl sites for hydroxylation is 1. The lowest BCUT2D eigenvalue weighted by atomic mass is 10.00. The highest BCUT2D eigenvalue weighted by atomic mass is 35.5. The van der Waals surface area contributed by atoms with Gasteiger partial charge >= 0.3 is 0 Å². The van der Waals surface area contributed by atoms with Gasteiger partial charge in [0.15, 0.2) is 0 Å². The highest BCUT2D eigenvalue weighted by molar-refractivity contribution is 6.30. The number of hydrogen-bond donors (Lipinski definition) is 1. The molecular formula is C12H15ClFN. The fourth-order valence-corrected chi connectivity index (χ4v) is 1.96. The molecule has 0 unspecified atom stereocenters. The van der Waals surface area contributed by atoms with Gasteiger partial charge in [-0.2, -0.15) is 0 Å². The molecule has 15 heavy (non-hydrogen) atoms. The average molecular weight is 228 g/mol. The molecule has 0 amide bonds. The smallest absolute Gasteiger partial charge is 0.144 e. The predicted molar refractivity (Wildman–Crippen MR) is 60.6 cm³/mol. The first-order valence-corrected chi connectivity index (χ1v) is 5.62. The first kappa shape index (κ1) is 10.9. The van der Waals surface area contributed by atoms with Crippen LogP contribution in [0.2, 0.25) is 5.02 Å². The minimum atomic E-state index is -0.295. The normalized spacial score (nSPS) is 17.9. The van der Waals surface area contributed by atoms with Crippen LogP contribution in [-0.4, -0.2) is 5.54 Å². The fourth-order valence-electron chi connectivity index (χ4n) is 1.76. The van der Waals surface area contributed by atoms with Crippen LogP contribution in [0.15, 0.2) is 12.1 Å². The van der Waals surface area contributed by atoms with E-state index in [9.17, 15) is 4.39 Å². The summed E-state index contributed by atoms with van der Waals surface area (Å²) in [6.07, 6.45) is 3.98. The Morgan fingerprint density at radius 1 is 1.47 bits per heavy atom. The number of nitrogens with two attached hydrogens (primary N) is 1. The zero-order chi connectivity index (χ0) is 11.1. The summed E-state index contributed by atoms with van der Waals surface area (Å²) in [6, 6.07) is 3.52. The molecular weight excluding hydrogens is 213 g/mol. The van der Waals surface area contributed by atoms with Crippen molar-refractivity contribution in [2.45, 2.75) is 38.1 Å². The molecule has 1 aliphatic rings. The van der Waals surface area contributed by atoms with E-state index in [1.54, 1.807) is 13.0 Å². The maximum Gasteiger partial charge on any atom is 0.144 e. The van der Waals surface area contributed by atoms with Crippen LogP contribution in [-0.2, 0) is 6.42 Å². The van der Waals surface area contributed by atoms with Gasteiger partial charge in [-0.3, -0.25) is 0 Å². The number of rotatable bonds is 3. The zero-order valence-corrected chi connectivity index (χ0v) is 9.57. The van der Waals surface area contributed by atoms with Gasteiger partial charge in [0.25, 0.3) is 0 Å². The monoisotopic (exact) mass is 227 g/mol. The summed E-state index contributed by atoms with van der Waals surface area (Å²) < 4.78 is 13.5. The number of hydrogen-bond acceptors (Lipinski definition) is 1. The highest BCUT2D eigenvalue weighted by Crippen LogP contribution is 2.37. The molecule has 0 aromatic heterocycles. The van der Waals surface area contributed by atoms with E-state index in [1.165, 1.54) is 0 Å². The Kier molecular flexibility index (Phi) is 2.73. The summed E-state index contributed by atoms with van der Waals surface area (Å²) in [4.78, 5) is 0. The van der Waals surface area contributed by atoms with Crippen molar-refractivity contribution in [3.05, 3.63) is 34.1 Å². The lowest BCUT2D eigenvalue weighted by Gasteiger charge is -2.11. The van der Waals surface area contributed by atoms with Crippen molar-refractivity contribution in [2.75, 3.05) is 0 Å². The molecule has 0 spiro atoms. The third kappa shape index (κ3) is 2.32. The molecule has 0 heterocycles. The Hall–Kier alpha value is -0.600. The van der Waals surface area contributed by atoms with E-state index < -0.39 is 0 Å². The Balaban J connectivity index is 2.11. The molecule has 0 aliphatic heterocycles. The third-order valence-corrected chi connectivity index (χ3v) is 3.53. The largest absolute Gasteiger partial charge is 0.325 e. The lowest BCUT2D eigenvalue weighted by molar-refractivity contribution is 0.593. The maximum absolute atomic E-state index is 13.5. The molecule has 0 saturated heterocycles. The van der Waals surface area contributed by atoms with E-state index in [-0.39, 0.29) is 16.4 Å². The van der Waals surface area contributed by atoms with Gasteiger partial charge in [-0.1, -0.05) is 17.7 Å². The number of benzene rings is 1. The van der Waals surface area contributed by atoms with Gasteiger partial charge in [-0.25, -0.2) is 4.39 Å². The standard InChI is InChI=1S/C12H15ClFN/c1-8-9(2-3-10(13)11(8)14)4-5-12(15)6-7-12/h2-3H,4-7,15H2,1H3. The van der Waals surface area contributed by atoms with Crippen LogP contribution in [0.3, 0.4) is 0 Å². The van der Waals surface area contributed by atoms with Gasteiger partial charge < -0.3 is 5.73 Å². The molecule has 82 valence electrons. The molecule has 0 bridgehead atoms. The second-order valence-corrected chi connectivity index (χ2v) is 4.92. The summed E-state index contributed by atoms with van der Waals surface area (Å²) in [5, 5.41) is 0.199. The zero-order valence-electron chi connectivity index (χ0n) is 8.82. The van der Waals surface area contributed by atoms with Crippen LogP contribution in [0.5, 0.6) is 0 Å². The molecule has 1 saturated carbocycles.